The van der Waals surface area contributed by atoms with Crippen molar-refractivity contribution in [1.29, 1.82) is 0 Å². The fourth-order valence-corrected chi connectivity index (χ4v) is 2.98. The minimum absolute atomic E-state index is 0.202. The summed E-state index contributed by atoms with van der Waals surface area (Å²) < 4.78 is 0. The van der Waals surface area contributed by atoms with Crippen LogP contribution in [0, 0.1) is 5.92 Å². The number of hydrogen-bond acceptors (Lipinski definition) is 3. The van der Waals surface area contributed by atoms with Crippen molar-refractivity contribution in [2.24, 2.45) is 11.7 Å². The summed E-state index contributed by atoms with van der Waals surface area (Å²) in [5, 5.41) is 6.05. The van der Waals surface area contributed by atoms with Crippen LogP contribution in [0.5, 0.6) is 0 Å². The molecular formula is C17H23N3. The second-order valence-electron chi connectivity index (χ2n) is 5.78. The zero-order valence-electron chi connectivity index (χ0n) is 11.9. The Balaban J connectivity index is 1.72. The highest BCUT2D eigenvalue weighted by molar-refractivity contribution is 5.85. The summed E-state index contributed by atoms with van der Waals surface area (Å²) in [7, 11) is 0. The molecule has 1 fully saturated rings. The fourth-order valence-electron chi connectivity index (χ4n) is 2.98. The van der Waals surface area contributed by atoms with Crippen molar-refractivity contribution < 1.29 is 0 Å². The van der Waals surface area contributed by atoms with Gasteiger partial charge >= 0.3 is 0 Å². The van der Waals surface area contributed by atoms with E-state index in [1.807, 2.05) is 12.4 Å². The molecule has 3 N–H and O–H groups in total. The highest BCUT2D eigenvalue weighted by Gasteiger charge is 2.18. The van der Waals surface area contributed by atoms with Crippen LogP contribution < -0.4 is 11.1 Å². The van der Waals surface area contributed by atoms with Gasteiger partial charge < -0.3 is 11.1 Å². The molecule has 0 saturated heterocycles. The van der Waals surface area contributed by atoms with Crippen LogP contribution in [0.4, 0.5) is 0 Å². The van der Waals surface area contributed by atoms with Crippen LogP contribution in [0.1, 0.15) is 37.3 Å². The molecule has 3 heteroatoms. The third-order valence-electron chi connectivity index (χ3n) is 4.48. The van der Waals surface area contributed by atoms with E-state index in [1.54, 1.807) is 0 Å². The van der Waals surface area contributed by atoms with Crippen LogP contribution in [-0.2, 0) is 0 Å². The zero-order chi connectivity index (χ0) is 13.8. The number of aromatic nitrogens is 1. The third kappa shape index (κ3) is 2.84. The van der Waals surface area contributed by atoms with Crippen molar-refractivity contribution in [1.82, 2.24) is 10.3 Å². The molecule has 1 aliphatic rings. The lowest BCUT2D eigenvalue weighted by Crippen LogP contribution is -2.31. The Morgan fingerprint density at radius 3 is 2.85 bits per heavy atom. The number of pyridine rings is 1. The molecule has 1 aromatic carbocycles. The summed E-state index contributed by atoms with van der Waals surface area (Å²) in [4.78, 5) is 4.36. The number of benzene rings is 1. The van der Waals surface area contributed by atoms with Crippen molar-refractivity contribution >= 4 is 10.8 Å². The molecule has 2 aromatic rings. The molecule has 0 amide bonds. The molecule has 1 unspecified atom stereocenters. The van der Waals surface area contributed by atoms with Crippen molar-refractivity contribution in [3.63, 3.8) is 0 Å². The maximum Gasteiger partial charge on any atom is 0.0466 e. The van der Waals surface area contributed by atoms with Gasteiger partial charge in [0.2, 0.25) is 0 Å². The monoisotopic (exact) mass is 269 g/mol. The summed E-state index contributed by atoms with van der Waals surface area (Å²) in [6.07, 6.45) is 9.37. The Morgan fingerprint density at radius 2 is 2.10 bits per heavy atom. The van der Waals surface area contributed by atoms with Crippen LogP contribution in [0.2, 0.25) is 0 Å². The second kappa shape index (κ2) is 6.33. The molecule has 0 radical (unpaired) electrons. The van der Waals surface area contributed by atoms with Gasteiger partial charge in [-0.05, 0) is 29.8 Å². The van der Waals surface area contributed by atoms with E-state index in [-0.39, 0.29) is 6.04 Å². The lowest BCUT2D eigenvalue weighted by atomic mass is 9.83. The van der Waals surface area contributed by atoms with E-state index in [0.717, 1.165) is 12.5 Å². The van der Waals surface area contributed by atoms with E-state index in [9.17, 15) is 0 Å². The summed E-state index contributed by atoms with van der Waals surface area (Å²) >= 11 is 0. The first-order chi connectivity index (χ1) is 9.88. The molecule has 1 aliphatic carbocycles. The fraction of sp³-hybridized carbons (Fsp3) is 0.471. The van der Waals surface area contributed by atoms with Crippen LogP contribution in [0.15, 0.2) is 36.7 Å². The number of nitrogens with zero attached hydrogens (tertiary/aromatic N) is 1. The van der Waals surface area contributed by atoms with Gasteiger partial charge in [0.05, 0.1) is 0 Å². The minimum atomic E-state index is 0.202. The van der Waals surface area contributed by atoms with Gasteiger partial charge in [0, 0.05) is 30.4 Å². The molecule has 20 heavy (non-hydrogen) atoms. The predicted octanol–water partition coefficient (Wildman–Crippen LogP) is 3.01. The lowest BCUT2D eigenvalue weighted by molar-refractivity contribution is 0.288. The molecule has 1 aromatic heterocycles. The number of fused-ring (bicyclic) bond motifs is 1. The van der Waals surface area contributed by atoms with E-state index in [2.05, 4.69) is 34.6 Å². The van der Waals surface area contributed by atoms with Crippen LogP contribution in [0.3, 0.4) is 0 Å². The standard InChI is InChI=1S/C17H23N3/c18-10-17(20-9-8-13-4-3-5-13)16-12-19-11-14-6-1-2-7-15(14)16/h1-2,6-7,11-13,17,20H,3-5,8-10,18H2. The number of rotatable bonds is 6. The first kappa shape index (κ1) is 13.5. The summed E-state index contributed by atoms with van der Waals surface area (Å²) in [6.45, 7) is 1.66. The van der Waals surface area contributed by atoms with Gasteiger partial charge in [-0.3, -0.25) is 4.98 Å². The van der Waals surface area contributed by atoms with Crippen LogP contribution >= 0.6 is 0 Å². The molecule has 1 atom stereocenters. The smallest absolute Gasteiger partial charge is 0.0466 e. The predicted molar refractivity (Wildman–Crippen MR) is 83.5 cm³/mol. The Kier molecular flexibility index (Phi) is 4.28. The first-order valence-electron chi connectivity index (χ1n) is 7.64. The van der Waals surface area contributed by atoms with E-state index in [4.69, 9.17) is 5.73 Å². The van der Waals surface area contributed by atoms with Gasteiger partial charge in [0.25, 0.3) is 0 Å². The maximum absolute atomic E-state index is 5.97. The van der Waals surface area contributed by atoms with E-state index >= 15 is 0 Å². The molecule has 3 rings (SSSR count). The second-order valence-corrected chi connectivity index (χ2v) is 5.78. The summed E-state index contributed by atoms with van der Waals surface area (Å²) in [6, 6.07) is 8.59. The van der Waals surface area contributed by atoms with E-state index in [0.29, 0.717) is 6.54 Å². The third-order valence-corrected chi connectivity index (χ3v) is 4.48. The molecule has 3 nitrogen and oxygen atoms in total. The first-order valence-corrected chi connectivity index (χ1v) is 7.64. The van der Waals surface area contributed by atoms with Crippen LogP contribution in [-0.4, -0.2) is 18.1 Å². The van der Waals surface area contributed by atoms with Gasteiger partial charge in [0.15, 0.2) is 0 Å². The summed E-state index contributed by atoms with van der Waals surface area (Å²) in [5.74, 6) is 0.937. The van der Waals surface area contributed by atoms with E-state index < -0.39 is 0 Å². The maximum atomic E-state index is 5.97. The van der Waals surface area contributed by atoms with Crippen molar-refractivity contribution in [3.8, 4) is 0 Å². The molecule has 1 saturated carbocycles. The van der Waals surface area contributed by atoms with Crippen molar-refractivity contribution in [2.75, 3.05) is 13.1 Å². The van der Waals surface area contributed by atoms with E-state index in [1.165, 1.54) is 42.0 Å². The molecule has 106 valence electrons. The van der Waals surface area contributed by atoms with Crippen molar-refractivity contribution in [3.05, 3.63) is 42.2 Å². The quantitative estimate of drug-likeness (QED) is 0.847. The van der Waals surface area contributed by atoms with Crippen LogP contribution in [0.25, 0.3) is 10.8 Å². The average molecular weight is 269 g/mol. The van der Waals surface area contributed by atoms with Gasteiger partial charge in [0.1, 0.15) is 0 Å². The SMILES string of the molecule is NCC(NCCC1CCC1)c1cncc2ccccc12. The lowest BCUT2D eigenvalue weighted by Gasteiger charge is -2.26. The number of nitrogens with two attached hydrogens (primary N) is 1. The number of hydrogen-bond donors (Lipinski definition) is 2. The Morgan fingerprint density at radius 1 is 1.25 bits per heavy atom. The molecular weight excluding hydrogens is 246 g/mol. The zero-order valence-corrected chi connectivity index (χ0v) is 11.9. The highest BCUT2D eigenvalue weighted by Crippen LogP contribution is 2.29. The molecule has 0 spiro atoms. The molecule has 0 bridgehead atoms. The number of nitrogens with one attached hydrogen (secondary N) is 1. The van der Waals surface area contributed by atoms with Gasteiger partial charge in [-0.25, -0.2) is 0 Å². The van der Waals surface area contributed by atoms with Gasteiger partial charge in [-0.15, -0.1) is 0 Å². The van der Waals surface area contributed by atoms with Crippen molar-refractivity contribution in [2.45, 2.75) is 31.7 Å². The van der Waals surface area contributed by atoms with Gasteiger partial charge in [-0.1, -0.05) is 43.5 Å². The Hall–Kier alpha value is -1.45. The normalized spacial score (nSPS) is 17.1. The average Bonchev–Trinajstić information content (AvgIpc) is 2.45. The largest absolute Gasteiger partial charge is 0.329 e. The minimum Gasteiger partial charge on any atom is -0.329 e. The van der Waals surface area contributed by atoms with Gasteiger partial charge in [-0.2, -0.15) is 0 Å². The highest BCUT2D eigenvalue weighted by atomic mass is 14.9. The summed E-state index contributed by atoms with van der Waals surface area (Å²) in [5.41, 5.74) is 7.19. The Bertz CT molecular complexity index is 558. The molecule has 0 aliphatic heterocycles. The molecule has 1 heterocycles. The topological polar surface area (TPSA) is 50.9 Å². The Labute approximate surface area is 120 Å².